The summed E-state index contributed by atoms with van der Waals surface area (Å²) in [4.78, 5) is 32.5. The number of hydrogen-bond acceptors (Lipinski definition) is 6. The summed E-state index contributed by atoms with van der Waals surface area (Å²) in [6, 6.07) is 1.67. The number of hydrogen-bond donors (Lipinski definition) is 1. The molecule has 0 atom stereocenters. The highest BCUT2D eigenvalue weighted by atomic mass is 35.5. The average molecular weight is 408 g/mol. The van der Waals surface area contributed by atoms with Crippen LogP contribution in [0.2, 0.25) is 5.02 Å². The van der Waals surface area contributed by atoms with E-state index in [2.05, 4.69) is 5.10 Å². The summed E-state index contributed by atoms with van der Waals surface area (Å²) in [5.74, 6) is -1.22. The van der Waals surface area contributed by atoms with Gasteiger partial charge in [-0.05, 0) is 6.92 Å². The van der Waals surface area contributed by atoms with Gasteiger partial charge >= 0.3 is 6.18 Å². The molecule has 0 aliphatic carbocycles. The number of carbonyl (C=O) groups is 1. The Balaban J connectivity index is 2.48. The van der Waals surface area contributed by atoms with E-state index in [4.69, 9.17) is 11.6 Å². The second kappa shape index (κ2) is 6.83. The third-order valence-electron chi connectivity index (χ3n) is 3.48. The molecule has 0 aliphatic heterocycles. The molecule has 1 amide bonds. The molecule has 27 heavy (non-hydrogen) atoms. The maximum absolute atomic E-state index is 12.9. The summed E-state index contributed by atoms with van der Waals surface area (Å²) < 4.78 is 39.1. The zero-order valence-corrected chi connectivity index (χ0v) is 14.3. The number of aryl methyl sites for hydroxylation is 1. The van der Waals surface area contributed by atoms with Gasteiger partial charge < -0.3 is 5.32 Å². The molecule has 0 spiro atoms. The number of carbonyl (C=O) groups excluding carboxylic acids is 1. The van der Waals surface area contributed by atoms with Crippen molar-refractivity contribution in [2.45, 2.75) is 13.1 Å². The van der Waals surface area contributed by atoms with E-state index in [1.807, 2.05) is 5.32 Å². The lowest BCUT2D eigenvalue weighted by atomic mass is 10.1. The number of rotatable bonds is 4. The third kappa shape index (κ3) is 3.81. The first-order valence-corrected chi connectivity index (χ1v) is 7.26. The van der Waals surface area contributed by atoms with Gasteiger partial charge in [0.25, 0.3) is 17.3 Å². The maximum Gasteiger partial charge on any atom is 0.434 e. The molecule has 0 bridgehead atoms. The van der Waals surface area contributed by atoms with Gasteiger partial charge in [-0.2, -0.15) is 18.3 Å². The van der Waals surface area contributed by atoms with E-state index in [1.54, 1.807) is 0 Å². The molecule has 0 unspecified atom stereocenters. The van der Waals surface area contributed by atoms with Crippen LogP contribution in [0.15, 0.2) is 12.1 Å². The summed E-state index contributed by atoms with van der Waals surface area (Å²) in [7, 11) is 0.924. The molecule has 0 radical (unpaired) electrons. The fourth-order valence-corrected chi connectivity index (χ4v) is 2.63. The van der Waals surface area contributed by atoms with Gasteiger partial charge in [-0.25, -0.2) is 0 Å². The number of benzene rings is 1. The predicted octanol–water partition coefficient (Wildman–Crippen LogP) is 3.47. The molecule has 1 aromatic carbocycles. The van der Waals surface area contributed by atoms with E-state index in [0.29, 0.717) is 4.68 Å². The summed E-state index contributed by atoms with van der Waals surface area (Å²) in [6.45, 7) is 1.15. The molecule has 10 nitrogen and oxygen atoms in total. The molecule has 1 aromatic heterocycles. The number of anilines is 1. The zero-order valence-electron chi connectivity index (χ0n) is 13.5. The molecule has 144 valence electrons. The number of nitro groups is 2. The molecular weight excluding hydrogens is 399 g/mol. The number of alkyl halides is 3. The van der Waals surface area contributed by atoms with Crippen LogP contribution in [0.25, 0.3) is 0 Å². The Kier molecular flexibility index (Phi) is 5.08. The smallest absolute Gasteiger partial charge is 0.320 e. The molecule has 0 aliphatic rings. The lowest BCUT2D eigenvalue weighted by Crippen LogP contribution is -2.14. The van der Waals surface area contributed by atoms with E-state index in [9.17, 15) is 38.2 Å². The van der Waals surface area contributed by atoms with Crippen molar-refractivity contribution in [3.8, 4) is 0 Å². The van der Waals surface area contributed by atoms with Gasteiger partial charge in [-0.15, -0.1) is 0 Å². The number of aromatic nitrogens is 2. The quantitative estimate of drug-likeness (QED) is 0.609. The molecule has 2 rings (SSSR count). The highest BCUT2D eigenvalue weighted by Gasteiger charge is 2.40. The molecule has 0 saturated heterocycles. The van der Waals surface area contributed by atoms with Gasteiger partial charge in [0.2, 0.25) is 0 Å². The van der Waals surface area contributed by atoms with Crippen molar-refractivity contribution < 1.29 is 27.8 Å². The second-order valence-electron chi connectivity index (χ2n) is 5.24. The first-order chi connectivity index (χ1) is 12.3. The molecule has 1 heterocycles. The lowest BCUT2D eigenvalue weighted by molar-refractivity contribution is -0.395. The maximum atomic E-state index is 12.9. The minimum absolute atomic E-state index is 0.252. The van der Waals surface area contributed by atoms with Crippen LogP contribution in [0.4, 0.5) is 30.2 Å². The van der Waals surface area contributed by atoms with Crippen LogP contribution in [0.5, 0.6) is 0 Å². The van der Waals surface area contributed by atoms with E-state index >= 15 is 0 Å². The van der Waals surface area contributed by atoms with E-state index in [1.165, 1.54) is 0 Å². The van der Waals surface area contributed by atoms with Crippen LogP contribution in [0.3, 0.4) is 0 Å². The Bertz CT molecular complexity index is 937. The number of nitrogens with one attached hydrogen (secondary N) is 1. The van der Waals surface area contributed by atoms with Crippen LogP contribution in [-0.4, -0.2) is 25.5 Å². The Morgan fingerprint density at radius 3 is 2.07 bits per heavy atom. The van der Waals surface area contributed by atoms with Crippen LogP contribution < -0.4 is 5.32 Å². The van der Waals surface area contributed by atoms with Crippen molar-refractivity contribution in [2.24, 2.45) is 7.05 Å². The second-order valence-corrected chi connectivity index (χ2v) is 5.62. The van der Waals surface area contributed by atoms with Crippen LogP contribution in [-0.2, 0) is 13.2 Å². The summed E-state index contributed by atoms with van der Waals surface area (Å²) in [6.07, 6.45) is -4.88. The zero-order chi connectivity index (χ0) is 20.7. The Hall–Kier alpha value is -3.22. The third-order valence-corrected chi connectivity index (χ3v) is 3.84. The largest absolute Gasteiger partial charge is 0.434 e. The Morgan fingerprint density at radius 2 is 1.70 bits per heavy atom. The number of halogens is 4. The summed E-state index contributed by atoms with van der Waals surface area (Å²) >= 11 is 5.58. The normalized spacial score (nSPS) is 11.3. The molecule has 1 N–H and O–H groups in total. The molecule has 14 heteroatoms. The Labute approximate surface area is 152 Å². The minimum atomic E-state index is -4.88. The molecule has 2 aromatic rings. The monoisotopic (exact) mass is 407 g/mol. The van der Waals surface area contributed by atoms with Gasteiger partial charge in [0.1, 0.15) is 10.6 Å². The summed E-state index contributed by atoms with van der Waals surface area (Å²) in [5, 5.41) is 26.5. The van der Waals surface area contributed by atoms with Crippen LogP contribution in [0, 0.1) is 27.2 Å². The first kappa shape index (κ1) is 20.1. The van der Waals surface area contributed by atoms with Gasteiger partial charge in [0.05, 0.1) is 15.5 Å². The van der Waals surface area contributed by atoms with Gasteiger partial charge in [-0.3, -0.25) is 29.7 Å². The van der Waals surface area contributed by atoms with Crippen molar-refractivity contribution in [1.82, 2.24) is 9.78 Å². The molecular formula is C13H9ClF3N5O5. The van der Waals surface area contributed by atoms with Crippen molar-refractivity contribution in [3.05, 3.63) is 54.3 Å². The summed E-state index contributed by atoms with van der Waals surface area (Å²) in [5.41, 5.74) is -4.09. The van der Waals surface area contributed by atoms with Crippen molar-refractivity contribution in [1.29, 1.82) is 0 Å². The lowest BCUT2D eigenvalue weighted by Gasteiger charge is -2.07. The number of nitrogens with zero attached hydrogens (tertiary/aromatic N) is 4. The minimum Gasteiger partial charge on any atom is -0.320 e. The highest BCUT2D eigenvalue weighted by molar-refractivity contribution is 6.34. The topological polar surface area (TPSA) is 133 Å². The number of nitro benzene ring substituents is 2. The van der Waals surface area contributed by atoms with Crippen molar-refractivity contribution >= 4 is 34.6 Å². The SMILES string of the molecule is Cc1c([N+](=O)[O-])cc(NC(=O)c2nn(C)c(C(F)(F)F)c2Cl)cc1[N+](=O)[O-]. The van der Waals surface area contributed by atoms with Crippen LogP contribution >= 0.6 is 11.6 Å². The van der Waals surface area contributed by atoms with Crippen molar-refractivity contribution in [2.75, 3.05) is 5.32 Å². The average Bonchev–Trinajstić information content (AvgIpc) is 2.82. The van der Waals surface area contributed by atoms with E-state index in [-0.39, 0.29) is 11.3 Å². The number of amides is 1. The fraction of sp³-hybridized carbons (Fsp3) is 0.231. The van der Waals surface area contributed by atoms with Crippen LogP contribution in [0.1, 0.15) is 21.7 Å². The predicted molar refractivity (Wildman–Crippen MR) is 85.7 cm³/mol. The standard InChI is InChI=1S/C13H9ClF3N5O5/c1-5-7(21(24)25)3-6(4-8(5)22(26)27)18-12(23)10-9(14)11(13(15,16)17)20(2)19-10/h3-4H,1-2H3,(H,18,23). The van der Waals surface area contributed by atoms with E-state index in [0.717, 1.165) is 26.1 Å². The molecule has 0 fully saturated rings. The molecule has 0 saturated carbocycles. The fourth-order valence-electron chi connectivity index (χ4n) is 2.28. The first-order valence-electron chi connectivity index (χ1n) is 6.89. The van der Waals surface area contributed by atoms with E-state index < -0.39 is 49.7 Å². The van der Waals surface area contributed by atoms with Gasteiger partial charge in [0.15, 0.2) is 11.4 Å². The highest BCUT2D eigenvalue weighted by Crippen LogP contribution is 2.36. The Morgan fingerprint density at radius 1 is 1.22 bits per heavy atom. The van der Waals surface area contributed by atoms with Crippen molar-refractivity contribution in [3.63, 3.8) is 0 Å². The van der Waals surface area contributed by atoms with Gasteiger partial charge in [0, 0.05) is 19.2 Å². The van der Waals surface area contributed by atoms with Gasteiger partial charge in [-0.1, -0.05) is 11.6 Å².